The van der Waals surface area contributed by atoms with Crippen molar-refractivity contribution in [3.63, 3.8) is 0 Å². The summed E-state index contributed by atoms with van der Waals surface area (Å²) >= 11 is 0. The van der Waals surface area contributed by atoms with E-state index in [0.717, 1.165) is 25.8 Å². The lowest BCUT2D eigenvalue weighted by Gasteiger charge is -2.52. The van der Waals surface area contributed by atoms with Gasteiger partial charge in [0.1, 0.15) is 12.4 Å². The third-order valence-corrected chi connectivity index (χ3v) is 7.48. The lowest BCUT2D eigenvalue weighted by Crippen LogP contribution is -2.61. The Balaban J connectivity index is 1.39. The molecule has 0 saturated carbocycles. The number of aryl methyl sites for hydroxylation is 1. The van der Waals surface area contributed by atoms with Crippen LogP contribution < -0.4 is 15.0 Å². The van der Waals surface area contributed by atoms with Crippen LogP contribution in [0, 0.1) is 18.8 Å². The summed E-state index contributed by atoms with van der Waals surface area (Å²) in [5.41, 5.74) is 0.237. The summed E-state index contributed by atoms with van der Waals surface area (Å²) in [6, 6.07) is 3.54. The number of aromatic nitrogens is 2. The Morgan fingerprint density at radius 3 is 2.64 bits per heavy atom. The molecule has 176 valence electrons. The Kier molecular flexibility index (Phi) is 5.50. The van der Waals surface area contributed by atoms with Crippen LogP contribution in [0.25, 0.3) is 10.9 Å². The van der Waals surface area contributed by atoms with Crippen LogP contribution in [-0.4, -0.2) is 71.1 Å². The van der Waals surface area contributed by atoms with Gasteiger partial charge >= 0.3 is 0 Å². The molecule has 2 amide bonds. The number of hydrogen-bond donors (Lipinski definition) is 0. The first-order valence-electron chi connectivity index (χ1n) is 11.6. The van der Waals surface area contributed by atoms with Crippen molar-refractivity contribution in [2.24, 2.45) is 11.8 Å². The Bertz CT molecular complexity index is 1180. The Labute approximate surface area is 192 Å². The first-order chi connectivity index (χ1) is 15.9. The van der Waals surface area contributed by atoms with Gasteiger partial charge in [-0.15, -0.1) is 0 Å². The second kappa shape index (κ2) is 8.35. The molecule has 1 aromatic carbocycles. The zero-order valence-corrected chi connectivity index (χ0v) is 19.4. The highest BCUT2D eigenvalue weighted by Gasteiger charge is 2.44. The first kappa shape index (κ1) is 21.7. The molecule has 0 spiro atoms. The van der Waals surface area contributed by atoms with Crippen molar-refractivity contribution in [1.29, 1.82) is 0 Å². The molecule has 3 fully saturated rings. The van der Waals surface area contributed by atoms with Crippen molar-refractivity contribution in [3.8, 4) is 11.5 Å². The maximum atomic E-state index is 13.3. The molecule has 5 rings (SSSR count). The van der Waals surface area contributed by atoms with Crippen LogP contribution in [0.15, 0.2) is 16.9 Å². The van der Waals surface area contributed by atoms with Crippen LogP contribution in [0.5, 0.6) is 11.5 Å². The number of nitrogens with zero attached hydrogens (tertiary/aromatic N) is 4. The van der Waals surface area contributed by atoms with E-state index >= 15 is 0 Å². The van der Waals surface area contributed by atoms with Gasteiger partial charge < -0.3 is 19.3 Å². The zero-order chi connectivity index (χ0) is 23.3. The Morgan fingerprint density at radius 2 is 1.88 bits per heavy atom. The number of fused-ring (bicyclic) bond motifs is 5. The topological polar surface area (TPSA) is 94.0 Å². The van der Waals surface area contributed by atoms with E-state index in [0.29, 0.717) is 59.6 Å². The molecule has 2 aromatic rings. The number of amides is 2. The van der Waals surface area contributed by atoms with Crippen LogP contribution in [0.2, 0.25) is 0 Å². The molecule has 0 aliphatic carbocycles. The number of methoxy groups -OCH3 is 2. The lowest BCUT2D eigenvalue weighted by molar-refractivity contribution is -0.149. The summed E-state index contributed by atoms with van der Waals surface area (Å²) in [6.07, 6.45) is 3.66. The van der Waals surface area contributed by atoms with E-state index in [-0.39, 0.29) is 30.0 Å². The van der Waals surface area contributed by atoms with Gasteiger partial charge in [0.05, 0.1) is 25.1 Å². The Morgan fingerprint density at radius 1 is 1.12 bits per heavy atom. The zero-order valence-electron chi connectivity index (χ0n) is 19.4. The number of carbonyl (C=O) groups is 2. The second-order valence-corrected chi connectivity index (χ2v) is 9.44. The molecular formula is C24H30N4O5. The molecule has 4 heterocycles. The highest BCUT2D eigenvalue weighted by atomic mass is 16.5. The average molecular weight is 455 g/mol. The standard InChI is InChI=1S/C24H30N4O5/c1-14-25-18-9-21(33-3)20(32-2)8-17(18)24(31)27(14)13-23(30)26-10-15-7-16(12-26)19-5-4-6-22(29)28(19)11-15/h8-9,15-16,19H,4-7,10-13H2,1-3H3/t15-,16+,19+/m1/s1. The maximum Gasteiger partial charge on any atom is 0.262 e. The molecule has 3 saturated heterocycles. The van der Waals surface area contributed by atoms with Gasteiger partial charge in [-0.25, -0.2) is 4.98 Å². The number of carbonyl (C=O) groups excluding carboxylic acids is 2. The van der Waals surface area contributed by atoms with E-state index in [4.69, 9.17) is 9.47 Å². The molecule has 33 heavy (non-hydrogen) atoms. The minimum Gasteiger partial charge on any atom is -0.493 e. The third-order valence-electron chi connectivity index (χ3n) is 7.48. The molecule has 0 radical (unpaired) electrons. The minimum absolute atomic E-state index is 0.0469. The van der Waals surface area contributed by atoms with E-state index in [1.807, 2.05) is 4.90 Å². The molecule has 3 atom stereocenters. The SMILES string of the molecule is COc1cc2nc(C)n(CC(=O)N3C[C@H]4C[C@@H](C3)[C@@H]3CCCC(=O)N3C4)c(=O)c2cc1OC. The van der Waals surface area contributed by atoms with E-state index in [1.54, 1.807) is 19.1 Å². The quantitative estimate of drug-likeness (QED) is 0.696. The molecule has 0 N–H and O–H groups in total. The smallest absolute Gasteiger partial charge is 0.262 e. The molecule has 9 heteroatoms. The van der Waals surface area contributed by atoms with Crippen molar-refractivity contribution in [2.45, 2.75) is 45.2 Å². The third kappa shape index (κ3) is 3.73. The van der Waals surface area contributed by atoms with Crippen LogP contribution in [0.3, 0.4) is 0 Å². The number of piperidine rings is 3. The molecular weight excluding hydrogens is 424 g/mol. The highest BCUT2D eigenvalue weighted by molar-refractivity contribution is 5.83. The fourth-order valence-electron chi connectivity index (χ4n) is 5.89. The van der Waals surface area contributed by atoms with Gasteiger partial charge in [0.2, 0.25) is 11.8 Å². The van der Waals surface area contributed by atoms with E-state index in [9.17, 15) is 14.4 Å². The highest BCUT2D eigenvalue weighted by Crippen LogP contribution is 2.38. The van der Waals surface area contributed by atoms with Gasteiger partial charge in [-0.1, -0.05) is 0 Å². The van der Waals surface area contributed by atoms with Gasteiger partial charge in [-0.3, -0.25) is 19.0 Å². The lowest BCUT2D eigenvalue weighted by atomic mass is 9.76. The fraction of sp³-hybridized carbons (Fsp3) is 0.583. The van der Waals surface area contributed by atoms with Gasteiger partial charge in [0, 0.05) is 38.2 Å². The number of hydrogen-bond acceptors (Lipinski definition) is 6. The molecule has 9 nitrogen and oxygen atoms in total. The van der Waals surface area contributed by atoms with Gasteiger partial charge in [0.25, 0.3) is 5.56 Å². The molecule has 2 bridgehead atoms. The maximum absolute atomic E-state index is 13.3. The normalized spacial score (nSPS) is 24.6. The summed E-state index contributed by atoms with van der Waals surface area (Å²) in [4.78, 5) is 47.4. The van der Waals surface area contributed by atoms with Gasteiger partial charge in [0.15, 0.2) is 11.5 Å². The van der Waals surface area contributed by atoms with Crippen LogP contribution in [0.1, 0.15) is 31.5 Å². The van der Waals surface area contributed by atoms with Crippen molar-refractivity contribution in [3.05, 3.63) is 28.3 Å². The van der Waals surface area contributed by atoms with Crippen LogP contribution >= 0.6 is 0 Å². The second-order valence-electron chi connectivity index (χ2n) is 9.44. The number of benzene rings is 1. The number of likely N-dealkylation sites (tertiary alicyclic amines) is 1. The first-order valence-corrected chi connectivity index (χ1v) is 11.6. The van der Waals surface area contributed by atoms with Gasteiger partial charge in [-0.2, -0.15) is 0 Å². The van der Waals surface area contributed by atoms with Crippen LogP contribution in [0.4, 0.5) is 0 Å². The molecule has 0 unspecified atom stereocenters. The van der Waals surface area contributed by atoms with Crippen molar-refractivity contribution >= 4 is 22.7 Å². The summed E-state index contributed by atoms with van der Waals surface area (Å²) in [5.74, 6) is 2.23. The molecule has 3 aliphatic heterocycles. The van der Waals surface area contributed by atoms with Crippen LogP contribution in [-0.2, 0) is 16.1 Å². The number of ether oxygens (including phenoxy) is 2. The fourth-order valence-corrected chi connectivity index (χ4v) is 5.89. The van der Waals surface area contributed by atoms with E-state index in [2.05, 4.69) is 9.88 Å². The summed E-state index contributed by atoms with van der Waals surface area (Å²) in [6.45, 7) is 3.70. The molecule has 3 aliphatic rings. The average Bonchev–Trinajstić information content (AvgIpc) is 2.81. The van der Waals surface area contributed by atoms with Crippen molar-refractivity contribution in [2.75, 3.05) is 33.9 Å². The van der Waals surface area contributed by atoms with E-state index in [1.165, 1.54) is 18.8 Å². The predicted octanol–water partition coefficient (Wildman–Crippen LogP) is 1.58. The Hall–Kier alpha value is -3.10. The van der Waals surface area contributed by atoms with Crippen molar-refractivity contribution < 1.29 is 19.1 Å². The summed E-state index contributed by atoms with van der Waals surface area (Å²) in [7, 11) is 3.05. The largest absolute Gasteiger partial charge is 0.493 e. The summed E-state index contributed by atoms with van der Waals surface area (Å²) < 4.78 is 12.1. The number of rotatable bonds is 4. The predicted molar refractivity (Wildman–Crippen MR) is 121 cm³/mol. The van der Waals surface area contributed by atoms with Crippen molar-refractivity contribution in [1.82, 2.24) is 19.4 Å². The van der Waals surface area contributed by atoms with E-state index < -0.39 is 0 Å². The minimum atomic E-state index is -0.270. The monoisotopic (exact) mass is 454 g/mol. The summed E-state index contributed by atoms with van der Waals surface area (Å²) in [5, 5.41) is 0.387. The van der Waals surface area contributed by atoms with Gasteiger partial charge in [-0.05, 0) is 44.1 Å². The molecule has 1 aromatic heterocycles.